The van der Waals surface area contributed by atoms with Crippen molar-refractivity contribution in [3.63, 3.8) is 0 Å². The van der Waals surface area contributed by atoms with E-state index in [2.05, 4.69) is 14.5 Å². The predicted molar refractivity (Wildman–Crippen MR) is 75.1 cm³/mol. The Morgan fingerprint density at radius 3 is 2.84 bits per heavy atom. The van der Waals surface area contributed by atoms with Crippen molar-refractivity contribution in [2.45, 2.75) is 44.8 Å². The first-order valence-corrected chi connectivity index (χ1v) is 7.71. The minimum absolute atomic E-state index is 0.600. The lowest BCUT2D eigenvalue weighted by atomic mass is 10.2. The van der Waals surface area contributed by atoms with Crippen LogP contribution in [0.15, 0.2) is 22.8 Å². The number of hydrogen-bond acceptors (Lipinski definition) is 5. The molecule has 0 saturated heterocycles. The minimum Gasteiger partial charge on any atom is -0.468 e. The molecule has 0 aliphatic heterocycles. The van der Waals surface area contributed by atoms with Gasteiger partial charge < -0.3 is 4.42 Å². The van der Waals surface area contributed by atoms with E-state index < -0.39 is 0 Å². The van der Waals surface area contributed by atoms with Gasteiger partial charge in [-0.2, -0.15) is 0 Å². The highest BCUT2D eigenvalue weighted by Crippen LogP contribution is 2.28. The molecule has 2 aromatic rings. The minimum atomic E-state index is 0.600. The van der Waals surface area contributed by atoms with Gasteiger partial charge in [-0.05, 0) is 25.0 Å². The quantitative estimate of drug-likeness (QED) is 0.843. The standard InChI is InChI=1S/C13H16ClN3OS/c14-13-12(15-16-19-13)9-17(10-4-1-2-5-10)8-11-6-3-7-18-11/h3,6-7,10H,1-2,4-5,8-9H2. The third-order valence-corrected chi connectivity index (χ3v) is 4.63. The average Bonchev–Trinajstić information content (AvgIpc) is 3.11. The molecule has 1 aliphatic rings. The number of rotatable bonds is 5. The molecule has 6 heteroatoms. The van der Waals surface area contributed by atoms with Crippen LogP contribution in [0.5, 0.6) is 0 Å². The van der Waals surface area contributed by atoms with E-state index in [-0.39, 0.29) is 0 Å². The maximum absolute atomic E-state index is 6.12. The summed E-state index contributed by atoms with van der Waals surface area (Å²) in [4.78, 5) is 2.41. The lowest BCUT2D eigenvalue weighted by molar-refractivity contribution is 0.165. The zero-order valence-electron chi connectivity index (χ0n) is 10.6. The zero-order valence-corrected chi connectivity index (χ0v) is 12.2. The molecule has 2 heterocycles. The van der Waals surface area contributed by atoms with Crippen molar-refractivity contribution in [2.75, 3.05) is 0 Å². The molecule has 19 heavy (non-hydrogen) atoms. The number of aromatic nitrogens is 2. The van der Waals surface area contributed by atoms with E-state index in [1.807, 2.05) is 12.1 Å². The van der Waals surface area contributed by atoms with Crippen LogP contribution in [0.3, 0.4) is 0 Å². The Morgan fingerprint density at radius 2 is 2.21 bits per heavy atom. The van der Waals surface area contributed by atoms with Crippen LogP contribution in [0.25, 0.3) is 0 Å². The molecule has 4 nitrogen and oxygen atoms in total. The molecule has 1 saturated carbocycles. The van der Waals surface area contributed by atoms with Crippen LogP contribution in [0.4, 0.5) is 0 Å². The number of halogens is 1. The fourth-order valence-electron chi connectivity index (χ4n) is 2.67. The SMILES string of the molecule is Clc1snnc1CN(Cc1ccco1)C1CCCC1. The molecule has 0 amide bonds. The summed E-state index contributed by atoms with van der Waals surface area (Å²) < 4.78 is 10.1. The van der Waals surface area contributed by atoms with Gasteiger partial charge in [0.2, 0.25) is 0 Å². The van der Waals surface area contributed by atoms with Gasteiger partial charge in [-0.15, -0.1) is 5.10 Å². The molecule has 0 radical (unpaired) electrons. The Morgan fingerprint density at radius 1 is 1.37 bits per heavy atom. The van der Waals surface area contributed by atoms with Crippen molar-refractivity contribution in [3.05, 3.63) is 34.2 Å². The maximum Gasteiger partial charge on any atom is 0.138 e. The number of nitrogens with zero attached hydrogens (tertiary/aromatic N) is 3. The van der Waals surface area contributed by atoms with Crippen molar-refractivity contribution >= 4 is 23.1 Å². The molecule has 1 fully saturated rings. The van der Waals surface area contributed by atoms with E-state index in [1.54, 1.807) is 6.26 Å². The second kappa shape index (κ2) is 6.03. The highest BCUT2D eigenvalue weighted by atomic mass is 35.5. The zero-order chi connectivity index (χ0) is 13.1. The Hall–Kier alpha value is -0.910. The number of furan rings is 1. The maximum atomic E-state index is 6.12. The molecule has 2 aromatic heterocycles. The lowest BCUT2D eigenvalue weighted by Crippen LogP contribution is -2.32. The summed E-state index contributed by atoms with van der Waals surface area (Å²) in [5, 5.41) is 4.12. The summed E-state index contributed by atoms with van der Waals surface area (Å²) in [6.07, 6.45) is 6.83. The first-order chi connectivity index (χ1) is 9.33. The van der Waals surface area contributed by atoms with Crippen molar-refractivity contribution in [1.82, 2.24) is 14.5 Å². The molecule has 1 aliphatic carbocycles. The third kappa shape index (κ3) is 3.16. The van der Waals surface area contributed by atoms with Gasteiger partial charge in [0.05, 0.1) is 12.8 Å². The van der Waals surface area contributed by atoms with E-state index in [1.165, 1.54) is 37.2 Å². The van der Waals surface area contributed by atoms with Gasteiger partial charge in [0, 0.05) is 24.1 Å². The smallest absolute Gasteiger partial charge is 0.138 e. The summed E-state index contributed by atoms with van der Waals surface area (Å²) in [5.41, 5.74) is 0.880. The number of hydrogen-bond donors (Lipinski definition) is 0. The van der Waals surface area contributed by atoms with E-state index >= 15 is 0 Å². The van der Waals surface area contributed by atoms with Crippen molar-refractivity contribution in [2.24, 2.45) is 0 Å². The molecule has 0 aromatic carbocycles. The summed E-state index contributed by atoms with van der Waals surface area (Å²) in [5.74, 6) is 0.992. The molecule has 102 valence electrons. The van der Waals surface area contributed by atoms with Gasteiger partial charge in [0.15, 0.2) is 0 Å². The fourth-order valence-corrected chi connectivity index (χ4v) is 3.28. The molecule has 0 N–H and O–H groups in total. The highest BCUT2D eigenvalue weighted by molar-refractivity contribution is 7.10. The topological polar surface area (TPSA) is 42.2 Å². The van der Waals surface area contributed by atoms with Gasteiger partial charge >= 0.3 is 0 Å². The summed E-state index contributed by atoms with van der Waals surface area (Å²) in [6.45, 7) is 1.56. The highest BCUT2D eigenvalue weighted by Gasteiger charge is 2.25. The monoisotopic (exact) mass is 297 g/mol. The van der Waals surface area contributed by atoms with Crippen molar-refractivity contribution in [1.29, 1.82) is 0 Å². The fraction of sp³-hybridized carbons (Fsp3) is 0.538. The Balaban J connectivity index is 1.73. The van der Waals surface area contributed by atoms with Crippen LogP contribution in [0.1, 0.15) is 37.1 Å². The Bertz CT molecular complexity index is 508. The predicted octanol–water partition coefficient (Wildman–Crippen LogP) is 3.73. The molecule has 0 atom stereocenters. The largest absolute Gasteiger partial charge is 0.468 e. The lowest BCUT2D eigenvalue weighted by Gasteiger charge is -2.27. The normalized spacial score (nSPS) is 16.5. The summed E-state index contributed by atoms with van der Waals surface area (Å²) in [6, 6.07) is 4.55. The van der Waals surface area contributed by atoms with E-state index in [0.29, 0.717) is 10.4 Å². The van der Waals surface area contributed by atoms with E-state index in [9.17, 15) is 0 Å². The second-order valence-electron chi connectivity index (χ2n) is 4.92. The Kier molecular flexibility index (Phi) is 4.15. The van der Waals surface area contributed by atoms with Crippen LogP contribution < -0.4 is 0 Å². The van der Waals surface area contributed by atoms with Crippen LogP contribution in [0.2, 0.25) is 4.34 Å². The van der Waals surface area contributed by atoms with E-state index in [4.69, 9.17) is 16.0 Å². The van der Waals surface area contributed by atoms with Gasteiger partial charge in [0.1, 0.15) is 15.8 Å². The molecular weight excluding hydrogens is 282 g/mol. The average molecular weight is 298 g/mol. The molecular formula is C13H16ClN3OS. The molecule has 0 unspecified atom stereocenters. The first kappa shape index (κ1) is 13.1. The Labute approximate surface area is 121 Å². The third-order valence-electron chi connectivity index (χ3n) is 3.64. The van der Waals surface area contributed by atoms with Gasteiger partial charge in [-0.3, -0.25) is 4.90 Å². The van der Waals surface area contributed by atoms with Crippen molar-refractivity contribution in [3.8, 4) is 0 Å². The van der Waals surface area contributed by atoms with Gasteiger partial charge in [0.25, 0.3) is 0 Å². The van der Waals surface area contributed by atoms with Crippen LogP contribution in [-0.2, 0) is 13.1 Å². The van der Waals surface area contributed by atoms with Crippen LogP contribution in [-0.4, -0.2) is 20.5 Å². The van der Waals surface area contributed by atoms with E-state index in [0.717, 1.165) is 24.5 Å². The molecule has 3 rings (SSSR count). The van der Waals surface area contributed by atoms with Crippen LogP contribution >= 0.6 is 23.1 Å². The summed E-state index contributed by atoms with van der Waals surface area (Å²) in [7, 11) is 0. The second-order valence-corrected chi connectivity index (χ2v) is 6.27. The summed E-state index contributed by atoms with van der Waals surface area (Å²) >= 11 is 7.37. The first-order valence-electron chi connectivity index (χ1n) is 6.56. The van der Waals surface area contributed by atoms with Gasteiger partial charge in [-0.1, -0.05) is 28.9 Å². The van der Waals surface area contributed by atoms with Crippen molar-refractivity contribution < 1.29 is 4.42 Å². The molecule has 0 bridgehead atoms. The van der Waals surface area contributed by atoms with Crippen LogP contribution in [0, 0.1) is 0 Å². The molecule has 0 spiro atoms. The van der Waals surface area contributed by atoms with Gasteiger partial charge in [-0.25, -0.2) is 0 Å².